The van der Waals surface area contributed by atoms with Gasteiger partial charge in [0.05, 0.1) is 0 Å². The summed E-state index contributed by atoms with van der Waals surface area (Å²) in [7, 11) is 0. The minimum atomic E-state index is -1.20. The van der Waals surface area contributed by atoms with E-state index in [4.69, 9.17) is 34.8 Å². The van der Waals surface area contributed by atoms with Crippen molar-refractivity contribution >= 4 is 34.8 Å². The van der Waals surface area contributed by atoms with E-state index in [2.05, 4.69) is 0 Å². The Morgan fingerprint density at radius 2 is 1.60 bits per heavy atom. The second-order valence-corrected chi connectivity index (χ2v) is 6.85. The van der Waals surface area contributed by atoms with E-state index in [0.29, 0.717) is 27.2 Å². The molecule has 2 aromatic carbocycles. The summed E-state index contributed by atoms with van der Waals surface area (Å²) in [6, 6.07) is 13.8. The van der Waals surface area contributed by atoms with Gasteiger partial charge in [0.2, 0.25) is 0 Å². The van der Waals surface area contributed by atoms with Crippen molar-refractivity contribution in [3.63, 3.8) is 0 Å². The topological polar surface area (TPSA) is 42.2 Å². The van der Waals surface area contributed by atoms with Gasteiger partial charge in [0.1, 0.15) is 6.10 Å². The zero-order valence-corrected chi connectivity index (χ0v) is 15.3. The Labute approximate surface area is 160 Å². The fraction of sp³-hybridized carbons (Fsp3) is 0.105. The highest BCUT2D eigenvalue weighted by Crippen LogP contribution is 2.32. The first-order valence-electron chi connectivity index (χ1n) is 7.52. The third kappa shape index (κ3) is 4.07. The quantitative estimate of drug-likeness (QED) is 0.681. The van der Waals surface area contributed by atoms with E-state index in [-0.39, 0.29) is 11.0 Å². The average Bonchev–Trinajstić information content (AvgIpc) is 2.58. The van der Waals surface area contributed by atoms with Crippen LogP contribution in [0.4, 0.5) is 0 Å². The Balaban J connectivity index is 1.96. The second kappa shape index (κ2) is 7.63. The van der Waals surface area contributed by atoms with E-state index < -0.39 is 6.10 Å². The third-order valence-electron chi connectivity index (χ3n) is 3.85. The van der Waals surface area contributed by atoms with Crippen LogP contribution in [0.25, 0.3) is 0 Å². The van der Waals surface area contributed by atoms with Gasteiger partial charge in [-0.15, -0.1) is 0 Å². The predicted octanol–water partition coefficient (Wildman–Crippen LogP) is 4.94. The number of aliphatic hydroxyl groups is 1. The lowest BCUT2D eigenvalue weighted by Gasteiger charge is -2.16. The molecule has 3 rings (SSSR count). The standard InChI is InChI=1S/C19H14Cl3NO2/c20-13-6-4-12(5-7-13)10-23-9-8-17(24)14(11-23)19(25)18-15(21)2-1-3-16(18)22/h1-9,11,19,25H,10H2. The maximum absolute atomic E-state index is 12.2. The summed E-state index contributed by atoms with van der Waals surface area (Å²) in [5, 5.41) is 11.9. The minimum Gasteiger partial charge on any atom is -0.383 e. The maximum atomic E-state index is 12.2. The molecule has 0 fully saturated rings. The molecule has 0 aliphatic rings. The van der Waals surface area contributed by atoms with Gasteiger partial charge >= 0.3 is 0 Å². The van der Waals surface area contributed by atoms with E-state index in [1.807, 2.05) is 16.7 Å². The van der Waals surface area contributed by atoms with Crippen molar-refractivity contribution < 1.29 is 5.11 Å². The molecule has 1 N–H and O–H groups in total. The van der Waals surface area contributed by atoms with Crippen LogP contribution in [0, 0.1) is 0 Å². The fourth-order valence-corrected chi connectivity index (χ4v) is 3.31. The highest BCUT2D eigenvalue weighted by Gasteiger charge is 2.20. The highest BCUT2D eigenvalue weighted by atomic mass is 35.5. The molecular formula is C19H14Cl3NO2. The zero-order chi connectivity index (χ0) is 18.0. The first kappa shape index (κ1) is 18.0. The molecule has 128 valence electrons. The molecule has 1 atom stereocenters. The number of hydrogen-bond donors (Lipinski definition) is 1. The molecule has 0 saturated heterocycles. The zero-order valence-electron chi connectivity index (χ0n) is 13.0. The molecule has 0 amide bonds. The molecule has 0 spiro atoms. The van der Waals surface area contributed by atoms with E-state index in [1.54, 1.807) is 42.7 Å². The molecule has 0 aliphatic heterocycles. The van der Waals surface area contributed by atoms with Gasteiger partial charge < -0.3 is 9.67 Å². The van der Waals surface area contributed by atoms with Crippen LogP contribution in [0.15, 0.2) is 65.7 Å². The number of benzene rings is 2. The number of aliphatic hydroxyl groups excluding tert-OH is 1. The predicted molar refractivity (Wildman–Crippen MR) is 102 cm³/mol. The minimum absolute atomic E-state index is 0.214. The molecule has 25 heavy (non-hydrogen) atoms. The molecular weight excluding hydrogens is 381 g/mol. The Kier molecular flexibility index (Phi) is 5.50. The monoisotopic (exact) mass is 393 g/mol. The normalized spacial score (nSPS) is 12.2. The van der Waals surface area contributed by atoms with Crippen molar-refractivity contribution in [1.29, 1.82) is 0 Å². The smallest absolute Gasteiger partial charge is 0.187 e. The van der Waals surface area contributed by atoms with Gasteiger partial charge in [-0.2, -0.15) is 0 Å². The fourth-order valence-electron chi connectivity index (χ4n) is 2.58. The van der Waals surface area contributed by atoms with Crippen LogP contribution >= 0.6 is 34.8 Å². The van der Waals surface area contributed by atoms with Crippen LogP contribution in [-0.2, 0) is 6.54 Å². The van der Waals surface area contributed by atoms with E-state index in [1.165, 1.54) is 6.07 Å². The molecule has 0 bridgehead atoms. The third-order valence-corrected chi connectivity index (χ3v) is 4.76. The molecule has 0 radical (unpaired) electrons. The lowest BCUT2D eigenvalue weighted by atomic mass is 10.0. The van der Waals surface area contributed by atoms with E-state index >= 15 is 0 Å². The van der Waals surface area contributed by atoms with Crippen LogP contribution in [0.3, 0.4) is 0 Å². The van der Waals surface area contributed by atoms with Gasteiger partial charge in [-0.25, -0.2) is 0 Å². The van der Waals surface area contributed by atoms with E-state index in [0.717, 1.165) is 5.56 Å². The van der Waals surface area contributed by atoms with Crippen molar-refractivity contribution in [3.05, 3.63) is 103 Å². The highest BCUT2D eigenvalue weighted by molar-refractivity contribution is 6.36. The van der Waals surface area contributed by atoms with Gasteiger partial charge in [0.25, 0.3) is 0 Å². The summed E-state index contributed by atoms with van der Waals surface area (Å²) in [5.41, 5.74) is 1.28. The van der Waals surface area contributed by atoms with Crippen LogP contribution in [0.2, 0.25) is 15.1 Å². The second-order valence-electron chi connectivity index (χ2n) is 5.60. The summed E-state index contributed by atoms with van der Waals surface area (Å²) < 4.78 is 1.81. The molecule has 6 heteroatoms. The Hall–Kier alpha value is -1.78. The van der Waals surface area contributed by atoms with Crippen LogP contribution in [0.1, 0.15) is 22.8 Å². The maximum Gasteiger partial charge on any atom is 0.187 e. The lowest BCUT2D eigenvalue weighted by molar-refractivity contribution is 0.218. The summed E-state index contributed by atoms with van der Waals surface area (Å²) in [5.74, 6) is 0. The molecule has 0 saturated carbocycles. The number of pyridine rings is 1. The van der Waals surface area contributed by atoms with Gasteiger partial charge in [-0.3, -0.25) is 4.79 Å². The number of aromatic nitrogens is 1. The SMILES string of the molecule is O=c1ccn(Cc2ccc(Cl)cc2)cc1C(O)c1c(Cl)cccc1Cl. The molecule has 1 unspecified atom stereocenters. The summed E-state index contributed by atoms with van der Waals surface area (Å²) >= 11 is 18.2. The van der Waals surface area contributed by atoms with Crippen molar-refractivity contribution in [3.8, 4) is 0 Å². The van der Waals surface area contributed by atoms with Crippen molar-refractivity contribution in [1.82, 2.24) is 4.57 Å². The molecule has 1 heterocycles. The molecule has 3 nitrogen and oxygen atoms in total. The lowest BCUT2D eigenvalue weighted by Crippen LogP contribution is -2.17. The van der Waals surface area contributed by atoms with E-state index in [9.17, 15) is 9.90 Å². The Morgan fingerprint density at radius 1 is 0.960 bits per heavy atom. The number of nitrogens with zero attached hydrogens (tertiary/aromatic N) is 1. The number of hydrogen-bond acceptors (Lipinski definition) is 2. The van der Waals surface area contributed by atoms with Gasteiger partial charge in [0.15, 0.2) is 5.43 Å². The van der Waals surface area contributed by atoms with Gasteiger partial charge in [-0.05, 0) is 29.8 Å². The number of rotatable bonds is 4. The Morgan fingerprint density at radius 3 is 2.24 bits per heavy atom. The number of halogens is 3. The first-order valence-corrected chi connectivity index (χ1v) is 8.65. The Bertz CT molecular complexity index is 931. The molecule has 0 aliphatic carbocycles. The molecule has 1 aromatic heterocycles. The van der Waals surface area contributed by atoms with Crippen molar-refractivity contribution in [2.45, 2.75) is 12.6 Å². The van der Waals surface area contributed by atoms with Crippen LogP contribution in [0.5, 0.6) is 0 Å². The van der Waals surface area contributed by atoms with Gasteiger partial charge in [-0.1, -0.05) is 53.0 Å². The summed E-state index contributed by atoms with van der Waals surface area (Å²) in [6.07, 6.45) is 2.08. The summed E-state index contributed by atoms with van der Waals surface area (Å²) in [6.45, 7) is 0.535. The average molecular weight is 395 g/mol. The first-order chi connectivity index (χ1) is 12.0. The molecule has 3 aromatic rings. The van der Waals surface area contributed by atoms with Crippen LogP contribution in [-0.4, -0.2) is 9.67 Å². The van der Waals surface area contributed by atoms with Gasteiger partial charge in [0, 0.05) is 51.2 Å². The van der Waals surface area contributed by atoms with Crippen molar-refractivity contribution in [2.75, 3.05) is 0 Å². The largest absolute Gasteiger partial charge is 0.383 e. The summed E-state index contributed by atoms with van der Waals surface area (Å²) in [4.78, 5) is 12.2. The van der Waals surface area contributed by atoms with Crippen LogP contribution < -0.4 is 5.43 Å². The van der Waals surface area contributed by atoms with Crippen molar-refractivity contribution in [2.24, 2.45) is 0 Å².